The van der Waals surface area contributed by atoms with Crippen LogP contribution in [0.3, 0.4) is 0 Å². The minimum atomic E-state index is -3.96. The number of nitrogens with one attached hydrogen (secondary N) is 1. The van der Waals surface area contributed by atoms with Gasteiger partial charge in [0.05, 0.1) is 16.6 Å². The van der Waals surface area contributed by atoms with Gasteiger partial charge in [-0.1, -0.05) is 74.0 Å². The number of rotatable bonds is 9. The summed E-state index contributed by atoms with van der Waals surface area (Å²) in [5, 5.41) is 3.09. The van der Waals surface area contributed by atoms with E-state index in [4.69, 9.17) is 0 Å². The Morgan fingerprint density at radius 1 is 0.882 bits per heavy atom. The van der Waals surface area contributed by atoms with Crippen LogP contribution < -0.4 is 9.62 Å². The third-order valence-corrected chi connectivity index (χ3v) is 7.76. The SMILES string of the molecule is Cc1ccc(S(=O)(=O)N(CC(=O)N[C@@H](CC(C)C)c2ccccc2)c2cccc(C)c2C)cc1. The highest BCUT2D eigenvalue weighted by atomic mass is 32.2. The molecule has 34 heavy (non-hydrogen) atoms. The van der Waals surface area contributed by atoms with E-state index in [0.29, 0.717) is 11.6 Å². The average Bonchev–Trinajstić information content (AvgIpc) is 2.79. The molecule has 6 heteroatoms. The summed E-state index contributed by atoms with van der Waals surface area (Å²) in [7, 11) is -3.96. The maximum Gasteiger partial charge on any atom is 0.264 e. The van der Waals surface area contributed by atoms with Crippen molar-refractivity contribution in [2.24, 2.45) is 5.92 Å². The molecule has 0 aliphatic carbocycles. The van der Waals surface area contributed by atoms with Crippen LogP contribution in [0.15, 0.2) is 77.7 Å². The second kappa shape index (κ2) is 10.9. The summed E-state index contributed by atoms with van der Waals surface area (Å²) >= 11 is 0. The second-order valence-electron chi connectivity index (χ2n) is 9.20. The lowest BCUT2D eigenvalue weighted by molar-refractivity contribution is -0.120. The van der Waals surface area contributed by atoms with E-state index in [1.165, 1.54) is 4.31 Å². The smallest absolute Gasteiger partial charge is 0.264 e. The molecule has 1 N–H and O–H groups in total. The Kier molecular flexibility index (Phi) is 8.15. The van der Waals surface area contributed by atoms with Gasteiger partial charge >= 0.3 is 0 Å². The van der Waals surface area contributed by atoms with Crippen molar-refractivity contribution >= 4 is 21.6 Å². The lowest BCUT2D eigenvalue weighted by Crippen LogP contribution is -2.42. The highest BCUT2D eigenvalue weighted by molar-refractivity contribution is 7.92. The topological polar surface area (TPSA) is 66.5 Å². The molecule has 0 saturated heterocycles. The van der Waals surface area contributed by atoms with E-state index in [9.17, 15) is 13.2 Å². The number of amides is 1. The Bertz CT molecular complexity index is 1220. The molecule has 0 aliphatic heterocycles. The molecule has 0 aliphatic rings. The number of benzene rings is 3. The molecule has 3 aromatic rings. The Balaban J connectivity index is 1.97. The summed E-state index contributed by atoms with van der Waals surface area (Å²) in [4.78, 5) is 13.5. The molecule has 3 rings (SSSR count). The van der Waals surface area contributed by atoms with Crippen molar-refractivity contribution in [2.75, 3.05) is 10.8 Å². The van der Waals surface area contributed by atoms with Gasteiger partial charge in [0.2, 0.25) is 5.91 Å². The molecule has 0 fully saturated rings. The second-order valence-corrected chi connectivity index (χ2v) is 11.1. The van der Waals surface area contributed by atoms with Gasteiger partial charge in [-0.15, -0.1) is 0 Å². The summed E-state index contributed by atoms with van der Waals surface area (Å²) < 4.78 is 28.7. The first-order chi connectivity index (χ1) is 16.1. The van der Waals surface area contributed by atoms with Crippen LogP contribution in [0.25, 0.3) is 0 Å². The number of hydrogen-bond acceptors (Lipinski definition) is 3. The van der Waals surface area contributed by atoms with Crippen molar-refractivity contribution in [3.63, 3.8) is 0 Å². The van der Waals surface area contributed by atoms with E-state index in [-0.39, 0.29) is 23.4 Å². The molecule has 0 bridgehead atoms. The van der Waals surface area contributed by atoms with Gasteiger partial charge in [-0.25, -0.2) is 8.42 Å². The van der Waals surface area contributed by atoms with Crippen LogP contribution in [0.4, 0.5) is 5.69 Å². The number of aryl methyl sites for hydroxylation is 2. The first-order valence-corrected chi connectivity index (χ1v) is 13.0. The number of nitrogens with zero attached hydrogens (tertiary/aromatic N) is 1. The predicted octanol–water partition coefficient (Wildman–Crippen LogP) is 5.71. The monoisotopic (exact) mass is 478 g/mol. The van der Waals surface area contributed by atoms with E-state index in [0.717, 1.165) is 28.7 Å². The third-order valence-electron chi connectivity index (χ3n) is 5.99. The van der Waals surface area contributed by atoms with Crippen molar-refractivity contribution in [1.29, 1.82) is 0 Å². The van der Waals surface area contributed by atoms with Crippen LogP contribution in [0.5, 0.6) is 0 Å². The van der Waals surface area contributed by atoms with Gasteiger partial charge in [0.25, 0.3) is 10.0 Å². The number of carbonyl (C=O) groups excluding carboxylic acids is 1. The molecular weight excluding hydrogens is 444 g/mol. The summed E-state index contributed by atoms with van der Waals surface area (Å²) in [6.07, 6.45) is 0.754. The number of anilines is 1. The zero-order valence-electron chi connectivity index (χ0n) is 20.6. The van der Waals surface area contributed by atoms with Crippen LogP contribution in [0.1, 0.15) is 48.6 Å². The third kappa shape index (κ3) is 6.06. The van der Waals surface area contributed by atoms with Crippen LogP contribution >= 0.6 is 0 Å². The molecular formula is C28H34N2O3S. The first-order valence-electron chi connectivity index (χ1n) is 11.6. The molecule has 180 valence electrons. The number of sulfonamides is 1. The first kappa shape index (κ1) is 25.5. The van der Waals surface area contributed by atoms with Crippen molar-refractivity contribution < 1.29 is 13.2 Å². The molecule has 1 amide bonds. The Labute approximate surface area is 203 Å². The maximum absolute atomic E-state index is 13.7. The Morgan fingerprint density at radius 3 is 2.15 bits per heavy atom. The highest BCUT2D eigenvalue weighted by Crippen LogP contribution is 2.29. The van der Waals surface area contributed by atoms with Gasteiger partial charge in [0.1, 0.15) is 6.54 Å². The molecule has 0 unspecified atom stereocenters. The minimum absolute atomic E-state index is 0.161. The molecule has 0 radical (unpaired) electrons. The van der Waals surface area contributed by atoms with Gasteiger partial charge in [-0.05, 0) is 68.0 Å². The van der Waals surface area contributed by atoms with Gasteiger partial charge < -0.3 is 5.32 Å². The molecule has 0 saturated carbocycles. The van der Waals surface area contributed by atoms with E-state index in [1.54, 1.807) is 30.3 Å². The molecule has 0 spiro atoms. The van der Waals surface area contributed by atoms with Gasteiger partial charge in [0, 0.05) is 0 Å². The summed E-state index contributed by atoms with van der Waals surface area (Å²) in [5.74, 6) is 0.0167. The van der Waals surface area contributed by atoms with Gasteiger partial charge in [-0.2, -0.15) is 0 Å². The number of hydrogen-bond donors (Lipinski definition) is 1. The molecule has 0 heterocycles. The standard InChI is InChI=1S/C28H34N2O3S/c1-20(2)18-26(24-11-7-6-8-12-24)29-28(31)19-30(27-13-9-10-22(4)23(27)5)34(32,33)25-16-14-21(3)15-17-25/h6-17,20,26H,18-19H2,1-5H3,(H,29,31)/t26-/m0/s1. The molecule has 3 aromatic carbocycles. The van der Waals surface area contributed by atoms with E-state index < -0.39 is 10.0 Å². The zero-order valence-corrected chi connectivity index (χ0v) is 21.4. The molecule has 0 aromatic heterocycles. The maximum atomic E-state index is 13.7. The largest absolute Gasteiger partial charge is 0.348 e. The van der Waals surface area contributed by atoms with Crippen LogP contribution in [0, 0.1) is 26.7 Å². The predicted molar refractivity (Wildman–Crippen MR) is 138 cm³/mol. The van der Waals surface area contributed by atoms with Crippen molar-refractivity contribution in [1.82, 2.24) is 5.32 Å². The van der Waals surface area contributed by atoms with Crippen LogP contribution in [0.2, 0.25) is 0 Å². The molecule has 5 nitrogen and oxygen atoms in total. The zero-order chi connectivity index (χ0) is 24.9. The van der Waals surface area contributed by atoms with Crippen molar-refractivity contribution in [3.05, 3.63) is 95.1 Å². The van der Waals surface area contributed by atoms with Crippen LogP contribution in [-0.2, 0) is 14.8 Å². The van der Waals surface area contributed by atoms with E-state index in [1.807, 2.05) is 63.2 Å². The van der Waals surface area contributed by atoms with Crippen molar-refractivity contribution in [3.8, 4) is 0 Å². The molecule has 1 atom stereocenters. The fourth-order valence-corrected chi connectivity index (χ4v) is 5.43. The quantitative estimate of drug-likeness (QED) is 0.428. The lowest BCUT2D eigenvalue weighted by atomic mass is 9.97. The van der Waals surface area contributed by atoms with Crippen LogP contribution in [-0.4, -0.2) is 20.9 Å². The van der Waals surface area contributed by atoms with Gasteiger partial charge in [-0.3, -0.25) is 9.10 Å². The van der Waals surface area contributed by atoms with E-state index >= 15 is 0 Å². The fraction of sp³-hybridized carbons (Fsp3) is 0.321. The average molecular weight is 479 g/mol. The Hall–Kier alpha value is -3.12. The summed E-state index contributed by atoms with van der Waals surface area (Å²) in [6.45, 7) is 9.63. The normalized spacial score (nSPS) is 12.4. The summed E-state index contributed by atoms with van der Waals surface area (Å²) in [6, 6.07) is 21.8. The summed E-state index contributed by atoms with van der Waals surface area (Å²) in [5.41, 5.74) is 4.27. The van der Waals surface area contributed by atoms with Gasteiger partial charge in [0.15, 0.2) is 0 Å². The number of carbonyl (C=O) groups is 1. The Morgan fingerprint density at radius 2 is 1.53 bits per heavy atom. The van der Waals surface area contributed by atoms with E-state index in [2.05, 4.69) is 19.2 Å². The van der Waals surface area contributed by atoms with Crippen molar-refractivity contribution in [2.45, 2.75) is 52.0 Å². The fourth-order valence-electron chi connectivity index (χ4n) is 3.95. The minimum Gasteiger partial charge on any atom is -0.348 e. The highest BCUT2D eigenvalue weighted by Gasteiger charge is 2.29. The lowest BCUT2D eigenvalue weighted by Gasteiger charge is -2.28.